The van der Waals surface area contributed by atoms with Crippen molar-refractivity contribution in [3.8, 4) is 0 Å². The molecule has 1 aliphatic heterocycles. The van der Waals surface area contributed by atoms with Gasteiger partial charge in [-0.15, -0.1) is 0 Å². The van der Waals surface area contributed by atoms with Crippen LogP contribution in [0, 0.1) is 0 Å². The Morgan fingerprint density at radius 1 is 1.65 bits per heavy atom. The molecule has 94 valence electrons. The Labute approximate surface area is 101 Å². The summed E-state index contributed by atoms with van der Waals surface area (Å²) in [7, 11) is 0. The van der Waals surface area contributed by atoms with Gasteiger partial charge in [0.25, 0.3) is 0 Å². The molecule has 5 heteroatoms. The molecule has 1 aromatic rings. The molecule has 0 aliphatic carbocycles. The fraction of sp³-hybridized carbons (Fsp3) is 0.667. The van der Waals surface area contributed by atoms with Crippen molar-refractivity contribution >= 4 is 5.97 Å². The van der Waals surface area contributed by atoms with Gasteiger partial charge >= 0.3 is 5.97 Å². The summed E-state index contributed by atoms with van der Waals surface area (Å²) in [6, 6.07) is 2.47. The van der Waals surface area contributed by atoms with E-state index in [1.165, 1.54) is 6.42 Å². The van der Waals surface area contributed by atoms with E-state index in [1.807, 2.05) is 0 Å². The van der Waals surface area contributed by atoms with Crippen LogP contribution in [0.3, 0.4) is 0 Å². The summed E-state index contributed by atoms with van der Waals surface area (Å²) in [5, 5.41) is 13.1. The van der Waals surface area contributed by atoms with Gasteiger partial charge in [0.05, 0.1) is 6.54 Å². The van der Waals surface area contributed by atoms with E-state index >= 15 is 0 Å². The Hall–Kier alpha value is -1.36. The first-order chi connectivity index (χ1) is 8.09. The first-order valence-electron chi connectivity index (χ1n) is 6.10. The molecule has 1 aliphatic rings. The minimum absolute atomic E-state index is 0.278. The van der Waals surface area contributed by atoms with E-state index in [2.05, 4.69) is 23.8 Å². The maximum absolute atomic E-state index is 11.0. The Bertz CT molecular complexity index is 400. The van der Waals surface area contributed by atoms with Crippen molar-refractivity contribution in [1.82, 2.24) is 14.7 Å². The lowest BCUT2D eigenvalue weighted by molar-refractivity contribution is 0.0679. The smallest absolute Gasteiger partial charge is 0.354 e. The number of aromatic nitrogens is 2. The second-order valence-corrected chi connectivity index (χ2v) is 4.83. The zero-order chi connectivity index (χ0) is 12.4. The van der Waals surface area contributed by atoms with Gasteiger partial charge in [0.15, 0.2) is 0 Å². The molecule has 1 fully saturated rings. The molecule has 0 aromatic carbocycles. The first kappa shape index (κ1) is 12.1. The quantitative estimate of drug-likeness (QED) is 0.861. The van der Waals surface area contributed by atoms with Crippen LogP contribution in [0.5, 0.6) is 0 Å². The summed E-state index contributed by atoms with van der Waals surface area (Å²) < 4.78 is 1.60. The van der Waals surface area contributed by atoms with Crippen molar-refractivity contribution < 1.29 is 9.90 Å². The number of carboxylic acid groups (broad SMARTS) is 1. The van der Waals surface area contributed by atoms with E-state index in [-0.39, 0.29) is 5.69 Å². The lowest BCUT2D eigenvalue weighted by Crippen LogP contribution is -2.38. The third-order valence-corrected chi connectivity index (χ3v) is 3.41. The van der Waals surface area contributed by atoms with Crippen LogP contribution in [0.1, 0.15) is 37.2 Å². The molecule has 0 bridgehead atoms. The molecule has 1 atom stereocenters. The van der Waals surface area contributed by atoms with E-state index in [4.69, 9.17) is 5.11 Å². The van der Waals surface area contributed by atoms with E-state index in [0.717, 1.165) is 13.0 Å². The molecule has 0 saturated carbocycles. The van der Waals surface area contributed by atoms with Crippen molar-refractivity contribution in [1.29, 1.82) is 0 Å². The van der Waals surface area contributed by atoms with Crippen LogP contribution in [0.25, 0.3) is 0 Å². The molecule has 17 heavy (non-hydrogen) atoms. The topological polar surface area (TPSA) is 58.4 Å². The van der Waals surface area contributed by atoms with Crippen LogP contribution in [-0.2, 0) is 6.54 Å². The molecule has 5 nitrogen and oxygen atoms in total. The average Bonchev–Trinajstić information content (AvgIpc) is 2.86. The summed E-state index contributed by atoms with van der Waals surface area (Å²) in [5.41, 5.74) is 0.278. The molecule has 2 heterocycles. The van der Waals surface area contributed by atoms with Gasteiger partial charge in [-0.1, -0.05) is 0 Å². The van der Waals surface area contributed by atoms with Gasteiger partial charge in [0.2, 0.25) is 0 Å². The Morgan fingerprint density at radius 2 is 2.41 bits per heavy atom. The van der Waals surface area contributed by atoms with Crippen molar-refractivity contribution in [2.45, 2.75) is 45.3 Å². The van der Waals surface area contributed by atoms with Gasteiger partial charge in [-0.3, -0.25) is 9.58 Å². The van der Waals surface area contributed by atoms with Gasteiger partial charge < -0.3 is 5.11 Å². The normalized spacial score (nSPS) is 21.2. The van der Waals surface area contributed by atoms with Crippen LogP contribution in [0.15, 0.2) is 12.3 Å². The van der Waals surface area contributed by atoms with Crippen LogP contribution < -0.4 is 0 Å². The van der Waals surface area contributed by atoms with Crippen LogP contribution in [0.2, 0.25) is 0 Å². The number of likely N-dealkylation sites (tertiary alicyclic amines) is 1. The van der Waals surface area contributed by atoms with E-state index < -0.39 is 5.97 Å². The molecule has 0 unspecified atom stereocenters. The van der Waals surface area contributed by atoms with Crippen LogP contribution in [0.4, 0.5) is 0 Å². The minimum atomic E-state index is -0.906. The molecular weight excluding hydrogens is 218 g/mol. The highest BCUT2D eigenvalue weighted by atomic mass is 16.4. The van der Waals surface area contributed by atoms with Crippen molar-refractivity contribution in [2.24, 2.45) is 0 Å². The molecular formula is C12H19N3O2. The maximum atomic E-state index is 11.0. The lowest BCUT2D eigenvalue weighted by atomic mass is 10.2. The lowest BCUT2D eigenvalue weighted by Gasteiger charge is -2.28. The summed E-state index contributed by atoms with van der Waals surface area (Å²) in [6.07, 6.45) is 3.86. The van der Waals surface area contributed by atoms with Crippen LogP contribution in [-0.4, -0.2) is 44.4 Å². The van der Waals surface area contributed by atoms with Gasteiger partial charge in [0, 0.05) is 18.3 Å². The molecule has 2 rings (SSSR count). The minimum Gasteiger partial charge on any atom is -0.477 e. The monoisotopic (exact) mass is 237 g/mol. The molecule has 0 spiro atoms. The molecule has 0 radical (unpaired) electrons. The predicted octanol–water partition coefficient (Wildman–Crippen LogP) is 1.45. The summed E-state index contributed by atoms with van der Waals surface area (Å²) >= 11 is 0. The first-order valence-corrected chi connectivity index (χ1v) is 6.10. The zero-order valence-electron chi connectivity index (χ0n) is 10.3. The number of nitrogens with zero attached hydrogens (tertiary/aromatic N) is 3. The van der Waals surface area contributed by atoms with Gasteiger partial charge in [-0.2, -0.15) is 5.10 Å². The summed E-state index contributed by atoms with van der Waals surface area (Å²) in [4.78, 5) is 13.4. The zero-order valence-corrected chi connectivity index (χ0v) is 10.3. The fourth-order valence-corrected chi connectivity index (χ4v) is 2.59. The number of hydrogen-bond donors (Lipinski definition) is 1. The van der Waals surface area contributed by atoms with Crippen LogP contribution >= 0.6 is 0 Å². The van der Waals surface area contributed by atoms with Crippen molar-refractivity contribution in [3.05, 3.63) is 18.0 Å². The summed E-state index contributed by atoms with van der Waals surface area (Å²) in [5.74, 6) is -0.906. The Morgan fingerprint density at radius 3 is 3.06 bits per heavy atom. The van der Waals surface area contributed by atoms with Crippen molar-refractivity contribution in [3.63, 3.8) is 0 Å². The number of rotatable bonds is 4. The number of hydrogen-bond acceptors (Lipinski definition) is 3. The average molecular weight is 237 g/mol. The van der Waals surface area contributed by atoms with E-state index in [0.29, 0.717) is 18.6 Å². The third kappa shape index (κ3) is 2.49. The molecule has 1 aromatic heterocycles. The molecule has 0 amide bonds. The SMILES string of the molecule is CC(C)N1CCC[C@H]1Cn1nccc1C(=O)O. The molecule has 1 saturated heterocycles. The number of carboxylic acids is 1. The maximum Gasteiger partial charge on any atom is 0.354 e. The van der Waals surface area contributed by atoms with Crippen molar-refractivity contribution in [2.75, 3.05) is 6.54 Å². The third-order valence-electron chi connectivity index (χ3n) is 3.41. The highest BCUT2D eigenvalue weighted by Crippen LogP contribution is 2.21. The highest BCUT2D eigenvalue weighted by molar-refractivity contribution is 5.85. The number of carbonyl (C=O) groups is 1. The largest absolute Gasteiger partial charge is 0.477 e. The van der Waals surface area contributed by atoms with E-state index in [9.17, 15) is 4.79 Å². The van der Waals surface area contributed by atoms with Gasteiger partial charge in [-0.05, 0) is 39.3 Å². The Kier molecular flexibility index (Phi) is 3.47. The predicted molar refractivity (Wildman–Crippen MR) is 64.1 cm³/mol. The second-order valence-electron chi connectivity index (χ2n) is 4.83. The second kappa shape index (κ2) is 4.87. The number of aromatic carboxylic acids is 1. The van der Waals surface area contributed by atoms with Gasteiger partial charge in [-0.25, -0.2) is 4.79 Å². The Balaban J connectivity index is 2.10. The molecule has 1 N–H and O–H groups in total. The highest BCUT2D eigenvalue weighted by Gasteiger charge is 2.27. The fourth-order valence-electron chi connectivity index (χ4n) is 2.59. The van der Waals surface area contributed by atoms with E-state index in [1.54, 1.807) is 16.9 Å². The van der Waals surface area contributed by atoms with Gasteiger partial charge in [0.1, 0.15) is 5.69 Å². The summed E-state index contributed by atoms with van der Waals surface area (Å²) in [6.45, 7) is 6.14. The standard InChI is InChI=1S/C12H19N3O2/c1-9(2)14-7-3-4-10(14)8-15-11(12(16)17)5-6-13-15/h5-6,9-10H,3-4,7-8H2,1-2H3,(H,16,17)/t10-/m0/s1.